The van der Waals surface area contributed by atoms with Crippen LogP contribution in [0.25, 0.3) is 0 Å². The van der Waals surface area contributed by atoms with Gasteiger partial charge in [-0.2, -0.15) is 0 Å². The van der Waals surface area contributed by atoms with Gasteiger partial charge in [0.05, 0.1) is 18.5 Å². The summed E-state index contributed by atoms with van der Waals surface area (Å²) in [7, 11) is 0. The Hall–Kier alpha value is -1.81. The molecule has 1 aliphatic rings. The van der Waals surface area contributed by atoms with Crippen LogP contribution in [-0.4, -0.2) is 23.5 Å². The van der Waals surface area contributed by atoms with E-state index in [1.165, 1.54) is 17.0 Å². The summed E-state index contributed by atoms with van der Waals surface area (Å²) in [6.45, 7) is 3.80. The van der Waals surface area contributed by atoms with Gasteiger partial charge in [-0.25, -0.2) is 4.79 Å². The average molecular weight is 252 g/mol. The summed E-state index contributed by atoms with van der Waals surface area (Å²) in [5.74, 6) is -1.09. The van der Waals surface area contributed by atoms with Crippen molar-refractivity contribution in [2.24, 2.45) is 0 Å². The van der Waals surface area contributed by atoms with Crippen molar-refractivity contribution in [1.82, 2.24) is 0 Å². The molecule has 0 radical (unpaired) electrons. The first-order chi connectivity index (χ1) is 7.99. The summed E-state index contributed by atoms with van der Waals surface area (Å²) in [5.41, 5.74) is 1.61. The molecule has 88 valence electrons. The molecule has 1 heterocycles. The lowest BCUT2D eigenvalue weighted by Crippen LogP contribution is -2.27. The second kappa shape index (κ2) is 4.22. The number of carboxylic acids is 1. The maximum atomic E-state index is 11.7. The smallest absolute Gasteiger partial charge is 0.335 e. The summed E-state index contributed by atoms with van der Waals surface area (Å²) >= 11 is 5.69. The van der Waals surface area contributed by atoms with Gasteiger partial charge in [0.2, 0.25) is 5.91 Å². The van der Waals surface area contributed by atoms with Crippen LogP contribution in [0, 0.1) is 0 Å². The van der Waals surface area contributed by atoms with E-state index in [0.29, 0.717) is 16.3 Å². The van der Waals surface area contributed by atoms with Crippen molar-refractivity contribution in [2.75, 3.05) is 11.4 Å². The monoisotopic (exact) mass is 251 g/mol. The number of amides is 1. The van der Waals surface area contributed by atoms with Crippen LogP contribution in [-0.2, 0) is 11.2 Å². The molecule has 0 atom stereocenters. The van der Waals surface area contributed by atoms with E-state index in [4.69, 9.17) is 16.7 Å². The number of aromatic carboxylic acids is 1. The normalized spacial score (nSPS) is 13.7. The molecule has 0 unspecified atom stereocenters. The lowest BCUT2D eigenvalue weighted by atomic mass is 10.1. The molecule has 1 aromatic rings. The number of carbonyl (C=O) groups excluding carboxylic acids is 1. The predicted molar refractivity (Wildman–Crippen MR) is 64.5 cm³/mol. The van der Waals surface area contributed by atoms with Crippen molar-refractivity contribution in [1.29, 1.82) is 0 Å². The number of hydrogen-bond acceptors (Lipinski definition) is 2. The van der Waals surface area contributed by atoms with E-state index in [2.05, 4.69) is 6.58 Å². The van der Waals surface area contributed by atoms with E-state index in [9.17, 15) is 9.59 Å². The number of carboxylic acid groups (broad SMARTS) is 1. The number of anilines is 1. The first kappa shape index (κ1) is 11.7. The third kappa shape index (κ3) is 2.17. The van der Waals surface area contributed by atoms with Crippen LogP contribution in [0.1, 0.15) is 15.9 Å². The molecule has 1 aliphatic heterocycles. The van der Waals surface area contributed by atoms with E-state index >= 15 is 0 Å². The van der Waals surface area contributed by atoms with Crippen molar-refractivity contribution < 1.29 is 14.7 Å². The number of benzene rings is 1. The predicted octanol–water partition coefficient (Wildman–Crippen LogP) is 2.03. The number of nitrogens with zero attached hydrogens (tertiary/aromatic N) is 1. The number of hydrogen-bond donors (Lipinski definition) is 1. The van der Waals surface area contributed by atoms with E-state index in [1.807, 2.05) is 0 Å². The summed E-state index contributed by atoms with van der Waals surface area (Å²) in [5, 5.41) is 9.23. The van der Waals surface area contributed by atoms with Crippen LogP contribution in [0.4, 0.5) is 5.69 Å². The Balaban J connectivity index is 2.38. The van der Waals surface area contributed by atoms with Crippen LogP contribution >= 0.6 is 11.6 Å². The Morgan fingerprint density at radius 1 is 1.53 bits per heavy atom. The van der Waals surface area contributed by atoms with Crippen molar-refractivity contribution in [2.45, 2.75) is 6.42 Å². The molecule has 0 saturated heterocycles. The minimum atomic E-state index is -1.000. The highest BCUT2D eigenvalue weighted by Crippen LogP contribution is 2.30. The summed E-state index contributed by atoms with van der Waals surface area (Å²) < 4.78 is 0. The maximum Gasteiger partial charge on any atom is 0.335 e. The zero-order valence-electron chi connectivity index (χ0n) is 8.94. The number of halogens is 1. The van der Waals surface area contributed by atoms with Gasteiger partial charge in [-0.15, -0.1) is 0 Å². The molecule has 17 heavy (non-hydrogen) atoms. The number of carbonyl (C=O) groups is 2. The molecule has 1 N–H and O–H groups in total. The third-order valence-electron chi connectivity index (χ3n) is 2.59. The van der Waals surface area contributed by atoms with Crippen molar-refractivity contribution in [3.63, 3.8) is 0 Å². The highest BCUT2D eigenvalue weighted by molar-refractivity contribution is 6.30. The van der Waals surface area contributed by atoms with Gasteiger partial charge in [-0.1, -0.05) is 18.2 Å². The van der Waals surface area contributed by atoms with E-state index in [0.717, 1.165) is 0 Å². The zero-order valence-corrected chi connectivity index (χ0v) is 9.70. The standard InChI is InChI=1S/C12H10ClNO3/c1-7(13)6-14-10-3-2-8(12(16)17)4-9(10)5-11(14)15/h2-4H,1,5-6H2,(H,16,17). The average Bonchev–Trinajstić information content (AvgIpc) is 2.54. The highest BCUT2D eigenvalue weighted by atomic mass is 35.5. The minimum Gasteiger partial charge on any atom is -0.478 e. The minimum absolute atomic E-state index is 0.0932. The lowest BCUT2D eigenvalue weighted by molar-refractivity contribution is -0.117. The van der Waals surface area contributed by atoms with Crippen molar-refractivity contribution in [3.8, 4) is 0 Å². The first-order valence-corrected chi connectivity index (χ1v) is 5.36. The van der Waals surface area contributed by atoms with Crippen LogP contribution < -0.4 is 4.90 Å². The molecular formula is C12H10ClNO3. The molecule has 4 nitrogen and oxygen atoms in total. The quantitative estimate of drug-likeness (QED) is 0.894. The Morgan fingerprint density at radius 2 is 2.24 bits per heavy atom. The SMILES string of the molecule is C=C(Cl)CN1C(=O)Cc2cc(C(=O)O)ccc21. The fraction of sp³-hybridized carbons (Fsp3) is 0.167. The molecular weight excluding hydrogens is 242 g/mol. The molecule has 1 amide bonds. The van der Waals surface area contributed by atoms with Crippen molar-refractivity contribution in [3.05, 3.63) is 40.9 Å². The Kier molecular flexibility index (Phi) is 2.90. The number of rotatable bonds is 3. The molecule has 0 aliphatic carbocycles. The second-order valence-electron chi connectivity index (χ2n) is 3.82. The summed E-state index contributed by atoms with van der Waals surface area (Å²) in [4.78, 5) is 24.0. The summed E-state index contributed by atoms with van der Waals surface area (Å²) in [6, 6.07) is 4.62. The van der Waals surface area contributed by atoms with E-state index in [-0.39, 0.29) is 24.4 Å². The third-order valence-corrected chi connectivity index (χ3v) is 2.71. The van der Waals surface area contributed by atoms with Gasteiger partial charge >= 0.3 is 5.97 Å². The van der Waals surface area contributed by atoms with Gasteiger partial charge in [0.25, 0.3) is 0 Å². The first-order valence-electron chi connectivity index (χ1n) is 4.99. The van der Waals surface area contributed by atoms with Crippen LogP contribution in [0.15, 0.2) is 29.8 Å². The van der Waals surface area contributed by atoms with E-state index in [1.54, 1.807) is 6.07 Å². The van der Waals surface area contributed by atoms with E-state index < -0.39 is 5.97 Å². The Labute approximate surface area is 103 Å². The Morgan fingerprint density at radius 3 is 2.82 bits per heavy atom. The molecule has 0 saturated carbocycles. The van der Waals surface area contributed by atoms with Gasteiger partial charge in [-0.05, 0) is 23.8 Å². The van der Waals surface area contributed by atoms with Gasteiger partial charge in [0.1, 0.15) is 0 Å². The van der Waals surface area contributed by atoms with Gasteiger partial charge < -0.3 is 10.0 Å². The topological polar surface area (TPSA) is 57.6 Å². The highest BCUT2D eigenvalue weighted by Gasteiger charge is 2.27. The van der Waals surface area contributed by atoms with Gasteiger partial charge in [-0.3, -0.25) is 4.79 Å². The fourth-order valence-corrected chi connectivity index (χ4v) is 1.98. The fourth-order valence-electron chi connectivity index (χ4n) is 1.86. The van der Waals surface area contributed by atoms with Crippen LogP contribution in [0.2, 0.25) is 0 Å². The Bertz CT molecular complexity index is 524. The zero-order chi connectivity index (χ0) is 12.6. The van der Waals surface area contributed by atoms with Crippen molar-refractivity contribution >= 4 is 29.2 Å². The van der Waals surface area contributed by atoms with Gasteiger partial charge in [0.15, 0.2) is 0 Å². The molecule has 2 rings (SSSR count). The summed E-state index contributed by atoms with van der Waals surface area (Å²) in [6.07, 6.45) is 0.209. The lowest BCUT2D eigenvalue weighted by Gasteiger charge is -2.16. The maximum absolute atomic E-state index is 11.7. The molecule has 5 heteroatoms. The molecule has 0 fully saturated rings. The second-order valence-corrected chi connectivity index (χ2v) is 4.36. The molecule has 1 aromatic carbocycles. The number of fused-ring (bicyclic) bond motifs is 1. The molecule has 0 aromatic heterocycles. The largest absolute Gasteiger partial charge is 0.478 e. The molecule has 0 bridgehead atoms. The van der Waals surface area contributed by atoms with Crippen LogP contribution in [0.3, 0.4) is 0 Å². The molecule has 0 spiro atoms. The van der Waals surface area contributed by atoms with Crippen LogP contribution in [0.5, 0.6) is 0 Å². The van der Waals surface area contributed by atoms with Gasteiger partial charge in [0, 0.05) is 10.7 Å².